The highest BCUT2D eigenvalue weighted by Gasteiger charge is 2.19. The SMILES string of the molecule is Cc1cccc(C[S@@](=O)[C@H](C)C(=O)NCc2ccccc2)c1. The van der Waals surface area contributed by atoms with Crippen LogP contribution >= 0.6 is 0 Å². The summed E-state index contributed by atoms with van der Waals surface area (Å²) in [6.45, 7) is 4.18. The van der Waals surface area contributed by atoms with E-state index in [0.717, 1.165) is 16.7 Å². The van der Waals surface area contributed by atoms with Crippen LogP contribution in [0.1, 0.15) is 23.6 Å². The van der Waals surface area contributed by atoms with Crippen molar-refractivity contribution in [2.45, 2.75) is 31.4 Å². The van der Waals surface area contributed by atoms with Gasteiger partial charge in [-0.3, -0.25) is 9.00 Å². The molecule has 1 amide bonds. The maximum absolute atomic E-state index is 12.3. The van der Waals surface area contributed by atoms with Gasteiger partial charge in [0, 0.05) is 23.1 Å². The zero-order chi connectivity index (χ0) is 15.9. The van der Waals surface area contributed by atoms with Crippen LogP contribution < -0.4 is 5.32 Å². The molecule has 0 saturated carbocycles. The Hall–Kier alpha value is -1.94. The third kappa shape index (κ3) is 4.81. The molecule has 0 unspecified atom stereocenters. The molecule has 116 valence electrons. The Bertz CT molecular complexity index is 655. The fraction of sp³-hybridized carbons (Fsp3) is 0.278. The van der Waals surface area contributed by atoms with E-state index in [9.17, 15) is 9.00 Å². The van der Waals surface area contributed by atoms with Crippen molar-refractivity contribution in [3.05, 3.63) is 71.3 Å². The molecule has 2 aromatic rings. The fourth-order valence-corrected chi connectivity index (χ4v) is 3.22. The smallest absolute Gasteiger partial charge is 0.235 e. The third-order valence-electron chi connectivity index (χ3n) is 3.46. The standard InChI is InChI=1S/C18H21NO2S/c1-14-7-6-10-17(11-14)13-22(21)15(2)18(20)19-12-16-8-4-3-5-9-16/h3-11,15H,12-13H2,1-2H3,(H,19,20)/t15-,22-/m1/s1. The average Bonchev–Trinajstić information content (AvgIpc) is 2.53. The minimum Gasteiger partial charge on any atom is -0.351 e. The molecule has 0 spiro atoms. The van der Waals surface area contributed by atoms with E-state index >= 15 is 0 Å². The van der Waals surface area contributed by atoms with E-state index in [0.29, 0.717) is 12.3 Å². The molecular weight excluding hydrogens is 294 g/mol. The van der Waals surface area contributed by atoms with Crippen molar-refractivity contribution in [2.24, 2.45) is 0 Å². The third-order valence-corrected chi connectivity index (χ3v) is 5.09. The van der Waals surface area contributed by atoms with Crippen LogP contribution in [-0.4, -0.2) is 15.4 Å². The van der Waals surface area contributed by atoms with Crippen LogP contribution in [0, 0.1) is 6.92 Å². The molecule has 0 aromatic heterocycles. The Morgan fingerprint density at radius 3 is 2.45 bits per heavy atom. The van der Waals surface area contributed by atoms with Crippen molar-refractivity contribution < 1.29 is 9.00 Å². The topological polar surface area (TPSA) is 46.2 Å². The minimum atomic E-state index is -1.22. The predicted octanol–water partition coefficient (Wildman–Crippen LogP) is 2.95. The highest BCUT2D eigenvalue weighted by atomic mass is 32.2. The van der Waals surface area contributed by atoms with E-state index in [-0.39, 0.29) is 5.91 Å². The van der Waals surface area contributed by atoms with Gasteiger partial charge in [0.15, 0.2) is 0 Å². The van der Waals surface area contributed by atoms with Gasteiger partial charge in [0.25, 0.3) is 0 Å². The molecule has 0 bridgehead atoms. The van der Waals surface area contributed by atoms with Gasteiger partial charge < -0.3 is 5.32 Å². The predicted molar refractivity (Wildman–Crippen MR) is 90.8 cm³/mol. The van der Waals surface area contributed by atoms with Crippen molar-refractivity contribution in [3.63, 3.8) is 0 Å². The molecule has 0 saturated heterocycles. The Morgan fingerprint density at radius 1 is 1.09 bits per heavy atom. The second-order valence-corrected chi connectivity index (χ2v) is 7.12. The molecule has 0 aliphatic rings. The van der Waals surface area contributed by atoms with Crippen molar-refractivity contribution in [1.29, 1.82) is 0 Å². The Morgan fingerprint density at radius 2 is 1.77 bits per heavy atom. The van der Waals surface area contributed by atoms with E-state index in [1.54, 1.807) is 6.92 Å². The van der Waals surface area contributed by atoms with Gasteiger partial charge in [-0.05, 0) is 25.0 Å². The molecular formula is C18H21NO2S. The van der Waals surface area contributed by atoms with Crippen LogP contribution in [-0.2, 0) is 27.9 Å². The van der Waals surface area contributed by atoms with Crippen LogP contribution in [0.15, 0.2) is 54.6 Å². The van der Waals surface area contributed by atoms with Gasteiger partial charge in [-0.25, -0.2) is 0 Å². The van der Waals surface area contributed by atoms with Gasteiger partial charge in [-0.15, -0.1) is 0 Å². The number of hydrogen-bond acceptors (Lipinski definition) is 2. The van der Waals surface area contributed by atoms with Gasteiger partial charge >= 0.3 is 0 Å². The second kappa shape index (κ2) is 7.90. The summed E-state index contributed by atoms with van der Waals surface area (Å²) in [7, 11) is -1.22. The van der Waals surface area contributed by atoms with E-state index in [2.05, 4.69) is 5.32 Å². The highest BCUT2D eigenvalue weighted by Crippen LogP contribution is 2.10. The van der Waals surface area contributed by atoms with Gasteiger partial charge in [0.05, 0.1) is 0 Å². The molecule has 1 N–H and O–H groups in total. The van der Waals surface area contributed by atoms with Crippen LogP contribution in [0.4, 0.5) is 0 Å². The Balaban J connectivity index is 1.88. The number of amides is 1. The number of aryl methyl sites for hydroxylation is 1. The van der Waals surface area contributed by atoms with Crippen molar-refractivity contribution in [1.82, 2.24) is 5.32 Å². The van der Waals surface area contributed by atoms with Crippen molar-refractivity contribution in [2.75, 3.05) is 0 Å². The number of carbonyl (C=O) groups is 1. The minimum absolute atomic E-state index is 0.171. The Kier molecular flexibility index (Phi) is 5.90. The highest BCUT2D eigenvalue weighted by molar-refractivity contribution is 7.85. The number of benzene rings is 2. The lowest BCUT2D eigenvalue weighted by atomic mass is 10.2. The van der Waals surface area contributed by atoms with Crippen molar-refractivity contribution >= 4 is 16.7 Å². The molecule has 2 atom stereocenters. The maximum Gasteiger partial charge on any atom is 0.235 e. The zero-order valence-electron chi connectivity index (χ0n) is 12.9. The maximum atomic E-state index is 12.3. The summed E-state index contributed by atoms with van der Waals surface area (Å²) < 4.78 is 12.3. The molecule has 3 nitrogen and oxygen atoms in total. The van der Waals surface area contributed by atoms with Gasteiger partial charge in [0.1, 0.15) is 5.25 Å². The van der Waals surface area contributed by atoms with Crippen LogP contribution in [0.5, 0.6) is 0 Å². The summed E-state index contributed by atoms with van der Waals surface area (Å²) in [5.74, 6) is 0.233. The van der Waals surface area contributed by atoms with E-state index in [1.807, 2.05) is 61.5 Å². The molecule has 0 aliphatic carbocycles. The first-order valence-electron chi connectivity index (χ1n) is 7.30. The number of rotatable bonds is 6. The first kappa shape index (κ1) is 16.4. The molecule has 0 radical (unpaired) electrons. The van der Waals surface area contributed by atoms with Gasteiger partial charge in [-0.2, -0.15) is 0 Å². The van der Waals surface area contributed by atoms with Crippen LogP contribution in [0.3, 0.4) is 0 Å². The van der Waals surface area contributed by atoms with Gasteiger partial charge in [-0.1, -0.05) is 60.2 Å². The molecule has 0 aliphatic heterocycles. The summed E-state index contributed by atoms with van der Waals surface area (Å²) in [4.78, 5) is 12.1. The quantitative estimate of drug-likeness (QED) is 0.891. The van der Waals surface area contributed by atoms with E-state index in [4.69, 9.17) is 0 Å². The normalized spacial score (nSPS) is 13.4. The molecule has 0 heterocycles. The average molecular weight is 315 g/mol. The molecule has 4 heteroatoms. The first-order chi connectivity index (χ1) is 10.6. The van der Waals surface area contributed by atoms with Crippen molar-refractivity contribution in [3.8, 4) is 0 Å². The summed E-state index contributed by atoms with van der Waals surface area (Å²) in [6.07, 6.45) is 0. The monoisotopic (exact) mass is 315 g/mol. The summed E-state index contributed by atoms with van der Waals surface area (Å²) in [6, 6.07) is 17.6. The second-order valence-electron chi connectivity index (χ2n) is 5.36. The zero-order valence-corrected chi connectivity index (χ0v) is 13.7. The lowest BCUT2D eigenvalue weighted by Gasteiger charge is -2.12. The van der Waals surface area contributed by atoms with E-state index in [1.165, 1.54) is 0 Å². The number of carbonyl (C=O) groups excluding carboxylic acids is 1. The molecule has 22 heavy (non-hydrogen) atoms. The lowest BCUT2D eigenvalue weighted by Crippen LogP contribution is -2.35. The largest absolute Gasteiger partial charge is 0.351 e. The summed E-state index contributed by atoms with van der Waals surface area (Å²) in [5, 5.41) is 2.32. The van der Waals surface area contributed by atoms with Crippen LogP contribution in [0.25, 0.3) is 0 Å². The summed E-state index contributed by atoms with van der Waals surface area (Å²) >= 11 is 0. The molecule has 2 rings (SSSR count). The van der Waals surface area contributed by atoms with Gasteiger partial charge in [0.2, 0.25) is 5.91 Å². The summed E-state index contributed by atoms with van der Waals surface area (Å²) in [5.41, 5.74) is 3.17. The first-order valence-corrected chi connectivity index (χ1v) is 8.69. The Labute approximate surface area is 134 Å². The van der Waals surface area contributed by atoms with E-state index < -0.39 is 16.0 Å². The molecule has 0 fully saturated rings. The molecule has 2 aromatic carbocycles. The lowest BCUT2D eigenvalue weighted by molar-refractivity contribution is -0.120. The number of hydrogen-bond donors (Lipinski definition) is 1. The van der Waals surface area contributed by atoms with Crippen LogP contribution in [0.2, 0.25) is 0 Å². The fourth-order valence-electron chi connectivity index (χ4n) is 2.14. The number of nitrogens with one attached hydrogen (secondary N) is 1.